The summed E-state index contributed by atoms with van der Waals surface area (Å²) < 4.78 is 18.6. The molecule has 5 N–H and O–H groups in total. The standard InChI is InChI=1S/C18H33FN2O5/c1-9(2)13(17-16(24)15(23)14(22)10(3)26-17)21-18(25)12-5-4-11(8-19)6-7-20-12/h9-17,20,22-24H,4-8H2,1-3H3,(H,21,25)/t10?,11-,12?,13?,14?,15?,16?,17?/m0/s1. The molecule has 1 amide bonds. The van der Waals surface area contributed by atoms with E-state index in [2.05, 4.69) is 10.6 Å². The molecule has 0 bridgehead atoms. The minimum atomic E-state index is -1.33. The molecule has 2 rings (SSSR count). The second-order valence-electron chi connectivity index (χ2n) is 7.95. The van der Waals surface area contributed by atoms with Crippen LogP contribution in [0.25, 0.3) is 0 Å². The monoisotopic (exact) mass is 376 g/mol. The molecule has 0 aromatic heterocycles. The maximum atomic E-state index is 12.9. The zero-order valence-corrected chi connectivity index (χ0v) is 15.8. The van der Waals surface area contributed by atoms with Crippen LogP contribution in [0.3, 0.4) is 0 Å². The van der Waals surface area contributed by atoms with E-state index in [9.17, 15) is 24.5 Å². The summed E-state index contributed by atoms with van der Waals surface area (Å²) in [6.07, 6.45) is -3.37. The number of aliphatic hydroxyl groups is 3. The Morgan fingerprint density at radius 1 is 1.19 bits per heavy atom. The molecule has 0 aromatic carbocycles. The van der Waals surface area contributed by atoms with E-state index in [0.717, 1.165) is 0 Å². The molecule has 0 spiro atoms. The molecule has 7 nitrogen and oxygen atoms in total. The maximum absolute atomic E-state index is 12.9. The van der Waals surface area contributed by atoms with Crippen molar-refractivity contribution >= 4 is 5.91 Å². The van der Waals surface area contributed by atoms with E-state index < -0.39 is 42.6 Å². The quantitative estimate of drug-likeness (QED) is 0.452. The average Bonchev–Trinajstić information content (AvgIpc) is 2.86. The lowest BCUT2D eigenvalue weighted by Gasteiger charge is -2.44. The maximum Gasteiger partial charge on any atom is 0.237 e. The van der Waals surface area contributed by atoms with Crippen molar-refractivity contribution in [1.82, 2.24) is 10.6 Å². The summed E-state index contributed by atoms with van der Waals surface area (Å²) in [5.74, 6) is -0.285. The molecule has 8 heteroatoms. The van der Waals surface area contributed by atoms with E-state index in [4.69, 9.17) is 4.74 Å². The number of amides is 1. The van der Waals surface area contributed by atoms with Gasteiger partial charge >= 0.3 is 0 Å². The summed E-state index contributed by atoms with van der Waals surface area (Å²) in [7, 11) is 0. The Labute approximate surface area is 154 Å². The van der Waals surface area contributed by atoms with E-state index in [1.165, 1.54) is 0 Å². The van der Waals surface area contributed by atoms with Crippen LogP contribution in [0.4, 0.5) is 4.39 Å². The van der Waals surface area contributed by atoms with Gasteiger partial charge in [0.2, 0.25) is 5.91 Å². The molecule has 26 heavy (non-hydrogen) atoms. The summed E-state index contributed by atoms with van der Waals surface area (Å²) in [5, 5.41) is 36.3. The normalized spacial score (nSPS) is 40.1. The summed E-state index contributed by atoms with van der Waals surface area (Å²) in [5.41, 5.74) is 0. The van der Waals surface area contributed by atoms with Crippen LogP contribution in [0, 0.1) is 11.8 Å². The van der Waals surface area contributed by atoms with Crippen molar-refractivity contribution in [3.63, 3.8) is 0 Å². The second kappa shape index (κ2) is 9.41. The number of nitrogens with one attached hydrogen (secondary N) is 2. The van der Waals surface area contributed by atoms with Crippen molar-refractivity contribution < 1.29 is 29.2 Å². The fourth-order valence-corrected chi connectivity index (χ4v) is 3.76. The van der Waals surface area contributed by atoms with Gasteiger partial charge in [-0.2, -0.15) is 0 Å². The van der Waals surface area contributed by atoms with Crippen LogP contribution in [-0.4, -0.2) is 77.0 Å². The first-order valence-corrected chi connectivity index (χ1v) is 9.55. The van der Waals surface area contributed by atoms with Crippen LogP contribution >= 0.6 is 0 Å². The fraction of sp³-hybridized carbons (Fsp3) is 0.944. The number of carbonyl (C=O) groups excluding carboxylic acids is 1. The van der Waals surface area contributed by atoms with E-state index >= 15 is 0 Å². The predicted octanol–water partition coefficient (Wildman–Crippen LogP) is -0.275. The number of aliphatic hydroxyl groups excluding tert-OH is 3. The smallest absolute Gasteiger partial charge is 0.237 e. The Kier molecular flexibility index (Phi) is 7.78. The van der Waals surface area contributed by atoms with Gasteiger partial charge in [-0.3, -0.25) is 9.18 Å². The highest BCUT2D eigenvalue weighted by Crippen LogP contribution is 2.26. The third-order valence-electron chi connectivity index (χ3n) is 5.61. The van der Waals surface area contributed by atoms with E-state index in [1.807, 2.05) is 13.8 Å². The summed E-state index contributed by atoms with van der Waals surface area (Å²) in [6.45, 7) is 5.62. The molecule has 0 aliphatic carbocycles. The molecule has 2 aliphatic rings. The summed E-state index contributed by atoms with van der Waals surface area (Å²) in [4.78, 5) is 12.7. The molecule has 152 valence electrons. The summed E-state index contributed by atoms with van der Waals surface area (Å²) in [6, 6.07) is -0.939. The van der Waals surface area contributed by atoms with Crippen molar-refractivity contribution in [3.05, 3.63) is 0 Å². The van der Waals surface area contributed by atoms with Crippen molar-refractivity contribution in [1.29, 1.82) is 0 Å². The minimum absolute atomic E-state index is 0.0119. The third-order valence-corrected chi connectivity index (χ3v) is 5.61. The Hall–Kier alpha value is -0.800. The molecular formula is C18H33FN2O5. The third kappa shape index (κ3) is 4.92. The first-order chi connectivity index (χ1) is 12.3. The average molecular weight is 376 g/mol. The van der Waals surface area contributed by atoms with Crippen LogP contribution in [-0.2, 0) is 9.53 Å². The highest BCUT2D eigenvalue weighted by molar-refractivity contribution is 5.82. The minimum Gasteiger partial charge on any atom is -0.388 e. The molecule has 0 radical (unpaired) electrons. The summed E-state index contributed by atoms with van der Waals surface area (Å²) >= 11 is 0. The molecule has 7 unspecified atom stereocenters. The van der Waals surface area contributed by atoms with Gasteiger partial charge in [0, 0.05) is 0 Å². The lowest BCUT2D eigenvalue weighted by molar-refractivity contribution is -0.226. The number of hydrogen-bond donors (Lipinski definition) is 5. The van der Waals surface area contributed by atoms with E-state index in [1.54, 1.807) is 6.92 Å². The number of halogens is 1. The first kappa shape index (κ1) is 21.5. The first-order valence-electron chi connectivity index (χ1n) is 9.55. The number of ether oxygens (including phenoxy) is 1. The van der Waals surface area contributed by atoms with Gasteiger partial charge in [-0.15, -0.1) is 0 Å². The van der Waals surface area contributed by atoms with Gasteiger partial charge < -0.3 is 30.7 Å². The predicted molar refractivity (Wildman–Crippen MR) is 94.2 cm³/mol. The SMILES string of the molecule is CC(C)C(NC(=O)C1CC[C@H](CF)CCN1)C1OC(C)C(O)C(O)C1O. The molecule has 0 aromatic rings. The van der Waals surface area contributed by atoms with Gasteiger partial charge in [0.15, 0.2) is 0 Å². The Morgan fingerprint density at radius 2 is 1.88 bits per heavy atom. The lowest BCUT2D eigenvalue weighted by Crippen LogP contribution is -2.64. The molecule has 2 aliphatic heterocycles. The molecule has 2 fully saturated rings. The van der Waals surface area contributed by atoms with Crippen LogP contribution < -0.4 is 10.6 Å². The highest BCUT2D eigenvalue weighted by atomic mass is 19.1. The Bertz CT molecular complexity index is 467. The van der Waals surface area contributed by atoms with E-state index in [0.29, 0.717) is 25.8 Å². The second-order valence-corrected chi connectivity index (χ2v) is 7.95. The molecule has 0 saturated carbocycles. The Balaban J connectivity index is 2.04. The van der Waals surface area contributed by atoms with Gasteiger partial charge in [-0.1, -0.05) is 13.8 Å². The zero-order chi connectivity index (χ0) is 19.4. The van der Waals surface area contributed by atoms with Gasteiger partial charge in [0.05, 0.1) is 24.9 Å². The van der Waals surface area contributed by atoms with Gasteiger partial charge in [0.1, 0.15) is 24.4 Å². The molecular weight excluding hydrogens is 343 g/mol. The van der Waals surface area contributed by atoms with Crippen molar-refractivity contribution in [2.45, 2.75) is 82.6 Å². The topological polar surface area (TPSA) is 111 Å². The number of rotatable bonds is 5. The zero-order valence-electron chi connectivity index (χ0n) is 15.8. The van der Waals surface area contributed by atoms with Crippen LogP contribution in [0.5, 0.6) is 0 Å². The number of hydrogen-bond acceptors (Lipinski definition) is 6. The molecule has 2 saturated heterocycles. The van der Waals surface area contributed by atoms with E-state index in [-0.39, 0.29) is 24.4 Å². The fourth-order valence-electron chi connectivity index (χ4n) is 3.76. The van der Waals surface area contributed by atoms with Gasteiger partial charge in [-0.25, -0.2) is 0 Å². The van der Waals surface area contributed by atoms with Crippen molar-refractivity contribution in [2.75, 3.05) is 13.2 Å². The highest BCUT2D eigenvalue weighted by Gasteiger charge is 2.46. The number of carbonyl (C=O) groups is 1. The van der Waals surface area contributed by atoms with Crippen molar-refractivity contribution in [3.8, 4) is 0 Å². The number of alkyl halides is 1. The van der Waals surface area contributed by atoms with Crippen LogP contribution in [0.1, 0.15) is 40.0 Å². The molecule has 2 heterocycles. The van der Waals surface area contributed by atoms with Crippen LogP contribution in [0.2, 0.25) is 0 Å². The largest absolute Gasteiger partial charge is 0.388 e. The lowest BCUT2D eigenvalue weighted by atomic mass is 9.87. The van der Waals surface area contributed by atoms with Gasteiger partial charge in [0.25, 0.3) is 0 Å². The Morgan fingerprint density at radius 3 is 2.50 bits per heavy atom. The van der Waals surface area contributed by atoms with Crippen molar-refractivity contribution in [2.24, 2.45) is 11.8 Å². The van der Waals surface area contributed by atoms with Gasteiger partial charge in [-0.05, 0) is 44.6 Å². The van der Waals surface area contributed by atoms with Crippen LogP contribution in [0.15, 0.2) is 0 Å². The molecule has 8 atom stereocenters.